The molecule has 7 nitrogen and oxygen atoms in total. The molecule has 1 fully saturated rings. The summed E-state index contributed by atoms with van der Waals surface area (Å²) in [7, 11) is 0. The zero-order valence-corrected chi connectivity index (χ0v) is 8.72. The summed E-state index contributed by atoms with van der Waals surface area (Å²) in [5.41, 5.74) is 5.24. The van der Waals surface area contributed by atoms with Crippen molar-refractivity contribution < 1.29 is 9.59 Å². The molecule has 2 amide bonds. The minimum Gasteiger partial charge on any atom is -0.369 e. The summed E-state index contributed by atoms with van der Waals surface area (Å²) in [5, 5.41) is 6.13. The molecule has 0 saturated carbocycles. The van der Waals surface area contributed by atoms with Crippen LogP contribution in [0.4, 0.5) is 0 Å². The Morgan fingerprint density at radius 2 is 2.38 bits per heavy atom. The number of rotatable bonds is 2. The molecule has 1 aromatic heterocycles. The Labute approximate surface area is 92.0 Å². The normalized spacial score (nSPS) is 20.8. The molecule has 2 heterocycles. The van der Waals surface area contributed by atoms with Gasteiger partial charge >= 0.3 is 0 Å². The summed E-state index contributed by atoms with van der Waals surface area (Å²) >= 11 is 0. The number of aromatic amines is 1. The fourth-order valence-electron chi connectivity index (χ4n) is 1.85. The van der Waals surface area contributed by atoms with E-state index in [9.17, 15) is 9.59 Å². The lowest BCUT2D eigenvalue weighted by Crippen LogP contribution is -2.44. The highest BCUT2D eigenvalue weighted by molar-refractivity contribution is 5.91. The van der Waals surface area contributed by atoms with Crippen LogP contribution in [0.1, 0.15) is 23.5 Å². The van der Waals surface area contributed by atoms with Gasteiger partial charge in [-0.05, 0) is 12.8 Å². The number of hydrogen-bond acceptors (Lipinski definition) is 4. The van der Waals surface area contributed by atoms with E-state index < -0.39 is 0 Å². The van der Waals surface area contributed by atoms with Crippen molar-refractivity contribution in [1.82, 2.24) is 20.1 Å². The van der Waals surface area contributed by atoms with E-state index in [-0.39, 0.29) is 23.6 Å². The molecule has 0 bridgehead atoms. The third-order valence-corrected chi connectivity index (χ3v) is 2.73. The summed E-state index contributed by atoms with van der Waals surface area (Å²) in [6, 6.07) is 0. The van der Waals surface area contributed by atoms with Crippen molar-refractivity contribution in [1.29, 1.82) is 0 Å². The van der Waals surface area contributed by atoms with Crippen LogP contribution in [0.3, 0.4) is 0 Å². The number of nitrogens with two attached hydrogens (primary N) is 1. The number of primary amides is 1. The highest BCUT2D eigenvalue weighted by Gasteiger charge is 2.28. The number of amides is 2. The Bertz CT molecular complexity index is 389. The molecule has 1 unspecified atom stereocenters. The predicted octanol–water partition coefficient (Wildman–Crippen LogP) is -0.858. The highest BCUT2D eigenvalue weighted by atomic mass is 16.2. The van der Waals surface area contributed by atoms with E-state index >= 15 is 0 Å². The van der Waals surface area contributed by atoms with Crippen molar-refractivity contribution in [2.75, 3.05) is 13.1 Å². The van der Waals surface area contributed by atoms with Gasteiger partial charge in [0.05, 0.1) is 5.92 Å². The summed E-state index contributed by atoms with van der Waals surface area (Å²) in [6.07, 6.45) is 2.81. The first kappa shape index (κ1) is 10.6. The van der Waals surface area contributed by atoms with Crippen molar-refractivity contribution in [3.63, 3.8) is 0 Å². The van der Waals surface area contributed by atoms with Gasteiger partial charge in [0.25, 0.3) is 5.91 Å². The first-order valence-electron chi connectivity index (χ1n) is 5.12. The molecule has 0 spiro atoms. The number of hydrogen-bond donors (Lipinski definition) is 2. The number of aromatic nitrogens is 3. The van der Waals surface area contributed by atoms with Gasteiger partial charge in [-0.25, -0.2) is 4.98 Å². The van der Waals surface area contributed by atoms with E-state index in [1.165, 1.54) is 6.33 Å². The van der Waals surface area contributed by atoms with Gasteiger partial charge < -0.3 is 10.6 Å². The van der Waals surface area contributed by atoms with E-state index in [1.807, 2.05) is 0 Å². The molecule has 3 N–H and O–H groups in total. The van der Waals surface area contributed by atoms with Gasteiger partial charge in [-0.1, -0.05) is 0 Å². The Morgan fingerprint density at radius 3 is 3.00 bits per heavy atom. The first-order valence-corrected chi connectivity index (χ1v) is 5.12. The van der Waals surface area contributed by atoms with Crippen LogP contribution in [0, 0.1) is 5.92 Å². The third kappa shape index (κ3) is 2.02. The van der Waals surface area contributed by atoms with Crippen molar-refractivity contribution in [2.24, 2.45) is 11.7 Å². The van der Waals surface area contributed by atoms with Crippen LogP contribution in [-0.4, -0.2) is 45.0 Å². The first-order chi connectivity index (χ1) is 7.68. The molecular formula is C9H13N5O2. The van der Waals surface area contributed by atoms with Gasteiger partial charge in [0, 0.05) is 13.1 Å². The lowest BCUT2D eigenvalue weighted by molar-refractivity contribution is -0.123. The maximum absolute atomic E-state index is 11.9. The number of nitrogens with zero attached hydrogens (tertiary/aromatic N) is 3. The quantitative estimate of drug-likeness (QED) is 0.680. The predicted molar refractivity (Wildman–Crippen MR) is 54.2 cm³/mol. The van der Waals surface area contributed by atoms with Gasteiger partial charge in [-0.2, -0.15) is 5.10 Å². The molecule has 1 aromatic rings. The standard InChI is InChI=1S/C9H13N5O2/c10-7(15)6-2-1-3-14(4-6)9(16)8-11-5-12-13-8/h5-6H,1-4H2,(H2,10,15)(H,11,12,13). The summed E-state index contributed by atoms with van der Waals surface area (Å²) in [4.78, 5) is 28.3. The number of likely N-dealkylation sites (tertiary alicyclic amines) is 1. The topological polar surface area (TPSA) is 105 Å². The molecule has 2 rings (SSSR count). The van der Waals surface area contributed by atoms with Gasteiger partial charge in [0.1, 0.15) is 6.33 Å². The van der Waals surface area contributed by atoms with Crippen molar-refractivity contribution in [3.05, 3.63) is 12.2 Å². The average molecular weight is 223 g/mol. The minimum absolute atomic E-state index is 0.199. The Hall–Kier alpha value is -1.92. The highest BCUT2D eigenvalue weighted by Crippen LogP contribution is 2.17. The SMILES string of the molecule is NC(=O)C1CCCN(C(=O)c2ncn[nH]2)C1. The van der Waals surface area contributed by atoms with E-state index in [1.54, 1.807) is 4.90 Å². The van der Waals surface area contributed by atoms with Crippen LogP contribution in [0.15, 0.2) is 6.33 Å². The second-order valence-corrected chi connectivity index (χ2v) is 3.83. The lowest BCUT2D eigenvalue weighted by atomic mass is 9.97. The zero-order chi connectivity index (χ0) is 11.5. The smallest absolute Gasteiger partial charge is 0.291 e. The van der Waals surface area contributed by atoms with E-state index in [2.05, 4.69) is 15.2 Å². The second kappa shape index (κ2) is 4.30. The van der Waals surface area contributed by atoms with Gasteiger partial charge in [-0.15, -0.1) is 0 Å². The Morgan fingerprint density at radius 1 is 1.56 bits per heavy atom. The number of H-pyrrole nitrogens is 1. The lowest BCUT2D eigenvalue weighted by Gasteiger charge is -2.30. The zero-order valence-electron chi connectivity index (χ0n) is 8.72. The van der Waals surface area contributed by atoms with Crippen molar-refractivity contribution in [3.8, 4) is 0 Å². The van der Waals surface area contributed by atoms with E-state index in [0.29, 0.717) is 13.1 Å². The Balaban J connectivity index is 2.05. The van der Waals surface area contributed by atoms with Crippen LogP contribution in [-0.2, 0) is 4.79 Å². The maximum atomic E-state index is 11.9. The molecule has 1 atom stereocenters. The number of carbonyl (C=O) groups is 2. The number of piperidine rings is 1. The van der Waals surface area contributed by atoms with E-state index in [0.717, 1.165) is 12.8 Å². The summed E-state index contributed by atoms with van der Waals surface area (Å²) in [6.45, 7) is 0.998. The summed E-state index contributed by atoms with van der Waals surface area (Å²) in [5.74, 6) is -0.635. The monoisotopic (exact) mass is 223 g/mol. The van der Waals surface area contributed by atoms with Gasteiger partial charge in [0.2, 0.25) is 11.7 Å². The van der Waals surface area contributed by atoms with Gasteiger partial charge in [0.15, 0.2) is 0 Å². The fraction of sp³-hybridized carbons (Fsp3) is 0.556. The summed E-state index contributed by atoms with van der Waals surface area (Å²) < 4.78 is 0. The maximum Gasteiger partial charge on any atom is 0.291 e. The average Bonchev–Trinajstić information content (AvgIpc) is 2.81. The largest absolute Gasteiger partial charge is 0.369 e. The second-order valence-electron chi connectivity index (χ2n) is 3.83. The molecule has 7 heteroatoms. The van der Waals surface area contributed by atoms with Crippen molar-refractivity contribution >= 4 is 11.8 Å². The minimum atomic E-state index is -0.352. The number of carbonyl (C=O) groups excluding carboxylic acids is 2. The molecule has 16 heavy (non-hydrogen) atoms. The Kier molecular flexibility index (Phi) is 2.84. The van der Waals surface area contributed by atoms with Crippen LogP contribution in [0.5, 0.6) is 0 Å². The molecular weight excluding hydrogens is 210 g/mol. The molecule has 1 aliphatic rings. The molecule has 1 saturated heterocycles. The molecule has 86 valence electrons. The molecule has 0 radical (unpaired) electrons. The van der Waals surface area contributed by atoms with Crippen LogP contribution in [0.2, 0.25) is 0 Å². The van der Waals surface area contributed by atoms with Crippen LogP contribution < -0.4 is 5.73 Å². The van der Waals surface area contributed by atoms with Crippen LogP contribution in [0.25, 0.3) is 0 Å². The molecule has 1 aliphatic heterocycles. The van der Waals surface area contributed by atoms with Gasteiger partial charge in [-0.3, -0.25) is 14.7 Å². The third-order valence-electron chi connectivity index (χ3n) is 2.73. The van der Waals surface area contributed by atoms with E-state index in [4.69, 9.17) is 5.73 Å². The molecule has 0 aliphatic carbocycles. The fourth-order valence-corrected chi connectivity index (χ4v) is 1.85. The van der Waals surface area contributed by atoms with Crippen LogP contribution >= 0.6 is 0 Å². The van der Waals surface area contributed by atoms with Crippen molar-refractivity contribution in [2.45, 2.75) is 12.8 Å². The number of nitrogens with one attached hydrogen (secondary N) is 1. The molecule has 0 aromatic carbocycles.